The average molecular weight is 314 g/mol. The van der Waals surface area contributed by atoms with Crippen LogP contribution in [0.25, 0.3) is 0 Å². The molecule has 7 nitrogen and oxygen atoms in total. The maximum absolute atomic E-state index is 11.5. The van der Waals surface area contributed by atoms with Crippen LogP contribution >= 0.6 is 15.9 Å². The van der Waals surface area contributed by atoms with Gasteiger partial charge >= 0.3 is 5.97 Å². The Morgan fingerprint density at radius 1 is 1.33 bits per heavy atom. The molecule has 0 aromatic heterocycles. The topological polar surface area (TPSA) is 129 Å². The molecule has 0 spiro atoms. The second-order valence-corrected chi connectivity index (χ2v) is 4.02. The Kier molecular flexibility index (Phi) is 4.67. The summed E-state index contributed by atoms with van der Waals surface area (Å²) in [6, 6.07) is 4.80. The Morgan fingerprint density at radius 3 is 2.56 bits per heavy atom. The van der Waals surface area contributed by atoms with Crippen molar-refractivity contribution in [3.05, 3.63) is 28.2 Å². The molecule has 1 aromatic rings. The highest BCUT2D eigenvalue weighted by Crippen LogP contribution is 2.23. The number of carbonyl (C=O) groups is 1. The van der Waals surface area contributed by atoms with Crippen molar-refractivity contribution in [3.8, 4) is 0 Å². The third-order valence-electron chi connectivity index (χ3n) is 1.84. The van der Waals surface area contributed by atoms with E-state index in [4.69, 9.17) is 17.2 Å². The van der Waals surface area contributed by atoms with Gasteiger partial charge in [-0.05, 0) is 34.1 Å². The second-order valence-electron chi connectivity index (χ2n) is 3.16. The Balaban J connectivity index is 3.13. The van der Waals surface area contributed by atoms with E-state index in [0.717, 1.165) is 0 Å². The number of benzene rings is 1. The molecule has 0 heterocycles. The Bertz CT molecular complexity index is 523. The number of rotatable bonds is 2. The summed E-state index contributed by atoms with van der Waals surface area (Å²) in [6.45, 7) is 0. The molecule has 0 saturated carbocycles. The standard InChI is InChI=1S/C10H12BrN5O2/c1-18-8(17)6-4-5(2-3-7(6)11)15-10(14)16-9(12)13/h2-4H,1H3,(H6,12,13,14,15,16). The quantitative estimate of drug-likeness (QED) is 0.415. The molecule has 0 saturated heterocycles. The molecule has 18 heavy (non-hydrogen) atoms. The van der Waals surface area contributed by atoms with Crippen LogP contribution in [-0.2, 0) is 4.74 Å². The van der Waals surface area contributed by atoms with Crippen LogP contribution in [0.4, 0.5) is 5.69 Å². The van der Waals surface area contributed by atoms with E-state index in [0.29, 0.717) is 15.7 Å². The van der Waals surface area contributed by atoms with E-state index in [1.807, 2.05) is 0 Å². The monoisotopic (exact) mass is 313 g/mol. The highest BCUT2D eigenvalue weighted by Gasteiger charge is 2.10. The molecular formula is C10H12BrN5O2. The molecule has 6 N–H and O–H groups in total. The number of aliphatic imine (C=N–C) groups is 2. The van der Waals surface area contributed by atoms with Crippen molar-refractivity contribution < 1.29 is 9.53 Å². The van der Waals surface area contributed by atoms with E-state index >= 15 is 0 Å². The molecule has 1 aromatic carbocycles. The van der Waals surface area contributed by atoms with E-state index in [1.54, 1.807) is 12.1 Å². The van der Waals surface area contributed by atoms with Crippen LogP contribution < -0.4 is 17.2 Å². The molecule has 1 rings (SSSR count). The largest absolute Gasteiger partial charge is 0.465 e. The molecule has 0 fully saturated rings. The van der Waals surface area contributed by atoms with Crippen LogP contribution in [0.2, 0.25) is 0 Å². The molecule has 0 unspecified atom stereocenters. The molecule has 96 valence electrons. The van der Waals surface area contributed by atoms with Crippen LogP contribution in [-0.4, -0.2) is 25.0 Å². The van der Waals surface area contributed by atoms with Crippen LogP contribution in [0.15, 0.2) is 32.7 Å². The number of esters is 1. The van der Waals surface area contributed by atoms with Gasteiger partial charge < -0.3 is 21.9 Å². The first-order valence-electron chi connectivity index (χ1n) is 4.75. The lowest BCUT2D eigenvalue weighted by molar-refractivity contribution is 0.0599. The predicted molar refractivity (Wildman–Crippen MR) is 72.6 cm³/mol. The summed E-state index contributed by atoms with van der Waals surface area (Å²) in [7, 11) is 1.29. The van der Waals surface area contributed by atoms with Gasteiger partial charge in [0.1, 0.15) is 0 Å². The fourth-order valence-electron chi connectivity index (χ4n) is 1.14. The van der Waals surface area contributed by atoms with Crippen LogP contribution in [0, 0.1) is 0 Å². The average Bonchev–Trinajstić information content (AvgIpc) is 2.29. The molecule has 0 radical (unpaired) electrons. The predicted octanol–water partition coefficient (Wildman–Crippen LogP) is 0.455. The summed E-state index contributed by atoms with van der Waals surface area (Å²) in [5.41, 5.74) is 16.6. The second kappa shape index (κ2) is 6.01. The van der Waals surface area contributed by atoms with Gasteiger partial charge in [-0.15, -0.1) is 0 Å². The van der Waals surface area contributed by atoms with E-state index in [-0.39, 0.29) is 11.9 Å². The minimum Gasteiger partial charge on any atom is -0.465 e. The van der Waals surface area contributed by atoms with Crippen LogP contribution in [0.5, 0.6) is 0 Å². The third-order valence-corrected chi connectivity index (χ3v) is 2.53. The van der Waals surface area contributed by atoms with Gasteiger partial charge in [0.15, 0.2) is 5.96 Å². The Labute approximate surface area is 112 Å². The zero-order chi connectivity index (χ0) is 13.7. The lowest BCUT2D eigenvalue weighted by atomic mass is 10.2. The molecular weight excluding hydrogens is 302 g/mol. The number of nitrogens with two attached hydrogens (primary N) is 3. The van der Waals surface area contributed by atoms with Gasteiger partial charge in [-0.25, -0.2) is 9.79 Å². The molecule has 0 aliphatic carbocycles. The van der Waals surface area contributed by atoms with Crippen molar-refractivity contribution in [1.82, 2.24) is 0 Å². The summed E-state index contributed by atoms with van der Waals surface area (Å²) in [5.74, 6) is -0.783. The molecule has 0 amide bonds. The van der Waals surface area contributed by atoms with Crippen LogP contribution in [0.3, 0.4) is 0 Å². The fourth-order valence-corrected chi connectivity index (χ4v) is 1.55. The minimum atomic E-state index is -0.487. The van der Waals surface area contributed by atoms with Crippen LogP contribution in [0.1, 0.15) is 10.4 Å². The fraction of sp³-hybridized carbons (Fsp3) is 0.100. The van der Waals surface area contributed by atoms with Crippen molar-refractivity contribution in [2.75, 3.05) is 7.11 Å². The van der Waals surface area contributed by atoms with Crippen molar-refractivity contribution in [1.29, 1.82) is 0 Å². The van der Waals surface area contributed by atoms with E-state index < -0.39 is 5.97 Å². The van der Waals surface area contributed by atoms with Gasteiger partial charge in [0, 0.05) is 4.47 Å². The summed E-state index contributed by atoms with van der Waals surface area (Å²) in [4.78, 5) is 18.9. The lowest BCUT2D eigenvalue weighted by Gasteiger charge is -2.03. The lowest BCUT2D eigenvalue weighted by Crippen LogP contribution is -2.26. The maximum atomic E-state index is 11.5. The van der Waals surface area contributed by atoms with Gasteiger partial charge in [-0.1, -0.05) is 0 Å². The molecule has 8 heteroatoms. The zero-order valence-corrected chi connectivity index (χ0v) is 11.1. The number of nitrogens with zero attached hydrogens (tertiary/aromatic N) is 2. The first kappa shape index (κ1) is 14.0. The van der Waals surface area contributed by atoms with Crippen molar-refractivity contribution >= 4 is 39.5 Å². The van der Waals surface area contributed by atoms with Gasteiger partial charge in [0.25, 0.3) is 0 Å². The normalized spacial score (nSPS) is 10.9. The third kappa shape index (κ3) is 3.74. The molecule has 0 aliphatic heterocycles. The van der Waals surface area contributed by atoms with E-state index in [9.17, 15) is 4.79 Å². The Morgan fingerprint density at radius 2 is 2.00 bits per heavy atom. The molecule has 0 aliphatic rings. The van der Waals surface area contributed by atoms with Gasteiger partial charge in [-0.3, -0.25) is 0 Å². The van der Waals surface area contributed by atoms with Gasteiger partial charge in [-0.2, -0.15) is 4.99 Å². The summed E-state index contributed by atoms with van der Waals surface area (Å²) >= 11 is 3.23. The first-order valence-corrected chi connectivity index (χ1v) is 5.55. The molecule has 0 bridgehead atoms. The van der Waals surface area contributed by atoms with Crippen molar-refractivity contribution in [2.45, 2.75) is 0 Å². The summed E-state index contributed by atoms with van der Waals surface area (Å²) in [6.07, 6.45) is 0. The number of halogens is 1. The number of hydrogen-bond donors (Lipinski definition) is 3. The minimum absolute atomic E-state index is 0.104. The van der Waals surface area contributed by atoms with E-state index in [1.165, 1.54) is 13.2 Å². The van der Waals surface area contributed by atoms with Gasteiger partial charge in [0.05, 0.1) is 18.4 Å². The Hall–Kier alpha value is -2.09. The smallest absolute Gasteiger partial charge is 0.339 e. The summed E-state index contributed by atoms with van der Waals surface area (Å²) in [5, 5.41) is 0. The number of carbonyl (C=O) groups excluding carboxylic acids is 1. The number of guanidine groups is 2. The first-order chi connectivity index (χ1) is 8.43. The van der Waals surface area contributed by atoms with Gasteiger partial charge in [0.2, 0.25) is 5.96 Å². The highest BCUT2D eigenvalue weighted by atomic mass is 79.9. The summed E-state index contributed by atoms with van der Waals surface area (Å²) < 4.78 is 5.22. The van der Waals surface area contributed by atoms with E-state index in [2.05, 4.69) is 30.7 Å². The number of hydrogen-bond acceptors (Lipinski definition) is 3. The van der Waals surface area contributed by atoms with Crippen molar-refractivity contribution in [2.24, 2.45) is 27.2 Å². The molecule has 0 atom stereocenters. The number of ether oxygens (including phenoxy) is 1. The highest BCUT2D eigenvalue weighted by molar-refractivity contribution is 9.10. The number of methoxy groups -OCH3 is 1. The maximum Gasteiger partial charge on any atom is 0.339 e. The zero-order valence-electron chi connectivity index (χ0n) is 9.55. The van der Waals surface area contributed by atoms with Crippen molar-refractivity contribution in [3.63, 3.8) is 0 Å². The SMILES string of the molecule is COC(=O)c1cc(N=C(N)N=C(N)N)ccc1Br.